The van der Waals surface area contributed by atoms with Gasteiger partial charge in [-0.15, -0.1) is 0 Å². The van der Waals surface area contributed by atoms with E-state index in [2.05, 4.69) is 37.8 Å². The summed E-state index contributed by atoms with van der Waals surface area (Å²) >= 11 is 0. The summed E-state index contributed by atoms with van der Waals surface area (Å²) in [5, 5.41) is 0. The second-order valence-electron chi connectivity index (χ2n) is 7.28. The van der Waals surface area contributed by atoms with Gasteiger partial charge < -0.3 is 0 Å². The van der Waals surface area contributed by atoms with E-state index in [1.54, 1.807) is 11.1 Å². The summed E-state index contributed by atoms with van der Waals surface area (Å²) < 4.78 is 0. The third-order valence-electron chi connectivity index (χ3n) is 5.66. The van der Waals surface area contributed by atoms with Gasteiger partial charge >= 0.3 is 0 Å². The molecule has 1 aromatic carbocycles. The van der Waals surface area contributed by atoms with Crippen LogP contribution in [0.5, 0.6) is 0 Å². The number of hydrogen-bond donors (Lipinski definition) is 0. The molecule has 0 unspecified atom stereocenters. The highest BCUT2D eigenvalue weighted by Gasteiger charge is 2.15. The van der Waals surface area contributed by atoms with E-state index in [0.29, 0.717) is 0 Å². The van der Waals surface area contributed by atoms with Gasteiger partial charge in [0.05, 0.1) is 0 Å². The summed E-state index contributed by atoms with van der Waals surface area (Å²) in [6.07, 6.45) is 15.7. The van der Waals surface area contributed by atoms with Crippen molar-refractivity contribution in [1.82, 2.24) is 0 Å². The lowest BCUT2D eigenvalue weighted by molar-refractivity contribution is 0.400. The van der Waals surface area contributed by atoms with E-state index in [-0.39, 0.29) is 0 Å². The van der Waals surface area contributed by atoms with Crippen molar-refractivity contribution in [2.75, 3.05) is 0 Å². The van der Waals surface area contributed by atoms with Gasteiger partial charge in [0.15, 0.2) is 0 Å². The first-order valence-corrected chi connectivity index (χ1v) is 9.20. The van der Waals surface area contributed by atoms with Gasteiger partial charge in [-0.2, -0.15) is 0 Å². The maximum absolute atomic E-state index is 4.37. The average molecular weight is 294 g/mol. The van der Waals surface area contributed by atoms with Crippen molar-refractivity contribution in [2.45, 2.75) is 71.1 Å². The molecule has 1 fully saturated rings. The first-order valence-electron chi connectivity index (χ1n) is 9.20. The average Bonchev–Trinajstić information content (AvgIpc) is 2.59. The molecule has 0 aliphatic heterocycles. The van der Waals surface area contributed by atoms with Crippen molar-refractivity contribution in [2.24, 2.45) is 5.92 Å². The lowest BCUT2D eigenvalue weighted by atomic mass is 9.83. The Kier molecular flexibility index (Phi) is 5.18. The molecule has 0 bridgehead atoms. The SMILES string of the molecule is C=C(C/C=C(\C)c1ccc2c(c1)CCCC2)C1CCCCC1. The lowest BCUT2D eigenvalue weighted by Crippen LogP contribution is -2.08. The first-order chi connectivity index (χ1) is 10.7. The highest BCUT2D eigenvalue weighted by Crippen LogP contribution is 2.31. The highest BCUT2D eigenvalue weighted by atomic mass is 14.2. The number of aryl methyl sites for hydroxylation is 2. The van der Waals surface area contributed by atoms with Crippen LogP contribution in [-0.2, 0) is 12.8 Å². The molecule has 1 aromatic rings. The molecular formula is C22H30. The van der Waals surface area contributed by atoms with E-state index in [9.17, 15) is 0 Å². The standard InChI is InChI=1S/C22H30/c1-17(19-8-4-3-5-9-19)12-13-18(2)21-15-14-20-10-6-7-11-22(20)16-21/h13-16,19H,1,3-12H2,2H3/b18-13+. The number of hydrogen-bond acceptors (Lipinski definition) is 0. The summed E-state index contributed by atoms with van der Waals surface area (Å²) in [5.41, 5.74) is 7.46. The van der Waals surface area contributed by atoms with E-state index in [4.69, 9.17) is 0 Å². The molecule has 0 atom stereocenters. The monoisotopic (exact) mass is 294 g/mol. The second-order valence-corrected chi connectivity index (χ2v) is 7.28. The summed E-state index contributed by atoms with van der Waals surface area (Å²) in [7, 11) is 0. The molecule has 2 aliphatic rings. The van der Waals surface area contributed by atoms with Crippen molar-refractivity contribution in [1.29, 1.82) is 0 Å². The molecule has 0 spiro atoms. The topological polar surface area (TPSA) is 0 Å². The fourth-order valence-corrected chi connectivity index (χ4v) is 4.06. The van der Waals surface area contributed by atoms with Gasteiger partial charge in [-0.05, 0) is 80.1 Å². The van der Waals surface area contributed by atoms with E-state index in [1.165, 1.54) is 74.5 Å². The highest BCUT2D eigenvalue weighted by molar-refractivity contribution is 5.65. The Hall–Kier alpha value is -1.30. The van der Waals surface area contributed by atoms with Gasteiger partial charge in [-0.25, -0.2) is 0 Å². The maximum Gasteiger partial charge on any atom is -0.0133 e. The molecular weight excluding hydrogens is 264 g/mol. The summed E-state index contributed by atoms with van der Waals surface area (Å²) in [6.45, 7) is 6.63. The minimum Gasteiger partial charge on any atom is -0.0993 e. The molecule has 0 heteroatoms. The number of rotatable bonds is 4. The number of fused-ring (bicyclic) bond motifs is 1. The van der Waals surface area contributed by atoms with Crippen LogP contribution < -0.4 is 0 Å². The Morgan fingerprint density at radius 1 is 1.05 bits per heavy atom. The van der Waals surface area contributed by atoms with E-state index < -0.39 is 0 Å². The zero-order valence-electron chi connectivity index (χ0n) is 14.2. The van der Waals surface area contributed by atoms with Crippen LogP contribution in [0.4, 0.5) is 0 Å². The van der Waals surface area contributed by atoms with Crippen molar-refractivity contribution in [3.63, 3.8) is 0 Å². The minimum absolute atomic E-state index is 0.779. The predicted molar refractivity (Wildman–Crippen MR) is 97.1 cm³/mol. The summed E-state index contributed by atoms with van der Waals surface area (Å²) in [5.74, 6) is 0.779. The molecule has 0 radical (unpaired) electrons. The second kappa shape index (κ2) is 7.31. The van der Waals surface area contributed by atoms with E-state index >= 15 is 0 Å². The normalized spacial score (nSPS) is 19.8. The molecule has 0 nitrogen and oxygen atoms in total. The molecule has 0 amide bonds. The van der Waals surface area contributed by atoms with Gasteiger partial charge in [-0.3, -0.25) is 0 Å². The van der Waals surface area contributed by atoms with Crippen LogP contribution in [0, 0.1) is 5.92 Å². The maximum atomic E-state index is 4.37. The van der Waals surface area contributed by atoms with Crippen molar-refractivity contribution in [3.05, 3.63) is 53.1 Å². The van der Waals surface area contributed by atoms with Crippen molar-refractivity contribution < 1.29 is 0 Å². The van der Waals surface area contributed by atoms with Crippen LogP contribution in [-0.4, -0.2) is 0 Å². The van der Waals surface area contributed by atoms with Gasteiger partial charge in [-0.1, -0.05) is 55.7 Å². The quantitative estimate of drug-likeness (QED) is 0.556. The van der Waals surface area contributed by atoms with Crippen molar-refractivity contribution in [3.8, 4) is 0 Å². The van der Waals surface area contributed by atoms with E-state index in [0.717, 1.165) is 12.3 Å². The zero-order valence-corrected chi connectivity index (χ0v) is 14.2. The van der Waals surface area contributed by atoms with Gasteiger partial charge in [0, 0.05) is 0 Å². The fraction of sp³-hybridized carbons (Fsp3) is 0.545. The summed E-state index contributed by atoms with van der Waals surface area (Å²) in [6, 6.07) is 7.11. The Labute approximate surface area is 136 Å². The fourth-order valence-electron chi connectivity index (χ4n) is 4.06. The molecule has 118 valence electrons. The Morgan fingerprint density at radius 2 is 1.77 bits per heavy atom. The number of allylic oxidation sites excluding steroid dienone is 3. The van der Waals surface area contributed by atoms with E-state index in [1.807, 2.05) is 0 Å². The third-order valence-corrected chi connectivity index (χ3v) is 5.66. The molecule has 0 saturated heterocycles. The molecule has 3 rings (SSSR count). The van der Waals surface area contributed by atoms with Crippen LogP contribution in [0.15, 0.2) is 36.4 Å². The van der Waals surface area contributed by atoms with Gasteiger partial charge in [0.25, 0.3) is 0 Å². The summed E-state index contributed by atoms with van der Waals surface area (Å²) in [4.78, 5) is 0. The Bertz CT molecular complexity index is 555. The first kappa shape index (κ1) is 15.6. The molecule has 0 aromatic heterocycles. The van der Waals surface area contributed by atoms with Gasteiger partial charge in [0.1, 0.15) is 0 Å². The van der Waals surface area contributed by atoms with Crippen molar-refractivity contribution >= 4 is 5.57 Å². The molecule has 0 N–H and O–H groups in total. The predicted octanol–water partition coefficient (Wildman–Crippen LogP) is 6.50. The van der Waals surface area contributed by atoms with Crippen LogP contribution in [0.1, 0.15) is 75.0 Å². The Morgan fingerprint density at radius 3 is 2.55 bits per heavy atom. The van der Waals surface area contributed by atoms with Crippen LogP contribution in [0.2, 0.25) is 0 Å². The van der Waals surface area contributed by atoms with Crippen LogP contribution in [0.3, 0.4) is 0 Å². The molecule has 2 aliphatic carbocycles. The largest absolute Gasteiger partial charge is 0.0993 e. The molecule has 1 saturated carbocycles. The molecule has 22 heavy (non-hydrogen) atoms. The van der Waals surface area contributed by atoms with Crippen LogP contribution >= 0.6 is 0 Å². The zero-order chi connectivity index (χ0) is 15.4. The lowest BCUT2D eigenvalue weighted by Gasteiger charge is -2.23. The Balaban J connectivity index is 1.65. The number of benzene rings is 1. The smallest absolute Gasteiger partial charge is 0.0133 e. The van der Waals surface area contributed by atoms with Crippen LogP contribution in [0.25, 0.3) is 5.57 Å². The van der Waals surface area contributed by atoms with Gasteiger partial charge in [0.2, 0.25) is 0 Å². The third kappa shape index (κ3) is 3.72. The minimum atomic E-state index is 0.779. The molecule has 0 heterocycles.